The maximum Gasteiger partial charge on any atom is 0.407 e. The fourth-order valence-corrected chi connectivity index (χ4v) is 12.6. The van der Waals surface area contributed by atoms with Crippen molar-refractivity contribution in [3.63, 3.8) is 0 Å². The van der Waals surface area contributed by atoms with Crippen LogP contribution in [0.2, 0.25) is 5.02 Å². The normalized spacial score (nSPS) is 22.0. The summed E-state index contributed by atoms with van der Waals surface area (Å²) in [4.78, 5) is 60.9. The van der Waals surface area contributed by atoms with E-state index in [0.29, 0.717) is 40.0 Å². The number of alkyl carbamates (subject to hydrolysis) is 1. The number of aliphatic imine (C=N–C) groups is 1. The zero-order valence-electron chi connectivity index (χ0n) is 41.3. The number of thiophene rings is 1. The summed E-state index contributed by atoms with van der Waals surface area (Å²) in [6, 6.07) is 19.9. The number of hydrogen-bond acceptors (Lipinski definition) is 12. The summed E-state index contributed by atoms with van der Waals surface area (Å²) in [5, 5.41) is 13.9. The van der Waals surface area contributed by atoms with Crippen LogP contribution in [0.25, 0.3) is 5.00 Å². The third-order valence-corrected chi connectivity index (χ3v) is 16.5. The number of piperidine rings is 2. The number of aryl methyl sites for hydroxylation is 2. The predicted molar refractivity (Wildman–Crippen MR) is 275 cm³/mol. The molecule has 1 N–H and O–H groups in total. The molecular weight excluding hydrogens is 920 g/mol. The van der Waals surface area contributed by atoms with E-state index in [9.17, 15) is 14.4 Å². The summed E-state index contributed by atoms with van der Waals surface area (Å²) in [5.74, 6) is 3.02. The van der Waals surface area contributed by atoms with Gasteiger partial charge in [-0.2, -0.15) is 0 Å². The molecule has 368 valence electrons. The Balaban J connectivity index is 0.678. The Morgan fingerprint density at radius 3 is 2.14 bits per heavy atom. The van der Waals surface area contributed by atoms with E-state index >= 15 is 0 Å². The van der Waals surface area contributed by atoms with Crippen LogP contribution >= 0.6 is 22.9 Å². The Morgan fingerprint density at radius 1 is 0.814 bits per heavy atom. The van der Waals surface area contributed by atoms with Crippen LogP contribution in [0.3, 0.4) is 0 Å². The minimum absolute atomic E-state index is 0.0293. The molecule has 4 atom stereocenters. The number of ether oxygens (including phenoxy) is 1. The number of carbonyl (C=O) groups excluding carboxylic acids is 3. The summed E-state index contributed by atoms with van der Waals surface area (Å²) < 4.78 is 7.61. The highest BCUT2D eigenvalue weighted by Gasteiger charge is 2.42. The Kier molecular flexibility index (Phi) is 13.7. The maximum atomic E-state index is 14.1. The third kappa shape index (κ3) is 10.3. The molecule has 5 aliphatic heterocycles. The fraction of sp³-hybridized carbons (Fsp3) is 0.500. The van der Waals surface area contributed by atoms with Crippen LogP contribution in [0.1, 0.15) is 126 Å². The zero-order chi connectivity index (χ0) is 48.8. The number of fused-ring (bicyclic) bond motifs is 5. The second-order valence-corrected chi connectivity index (χ2v) is 22.7. The van der Waals surface area contributed by atoms with Crippen LogP contribution in [-0.2, 0) is 16.1 Å². The topological polar surface area (TPSA) is 141 Å². The van der Waals surface area contributed by atoms with Crippen LogP contribution in [0, 0.1) is 26.7 Å². The number of aromatic nitrogens is 4. The number of benzene rings is 2. The molecule has 3 aromatic heterocycles. The van der Waals surface area contributed by atoms with Gasteiger partial charge in [0.2, 0.25) is 5.91 Å². The van der Waals surface area contributed by atoms with Gasteiger partial charge in [-0.15, -0.1) is 21.5 Å². The predicted octanol–water partition coefficient (Wildman–Crippen LogP) is 8.90. The molecule has 2 aromatic carbocycles. The number of hydrogen-bond donors (Lipinski definition) is 1. The second kappa shape index (κ2) is 20.0. The van der Waals surface area contributed by atoms with Gasteiger partial charge in [-0.1, -0.05) is 48.0 Å². The van der Waals surface area contributed by atoms with Gasteiger partial charge in [-0.25, -0.2) is 9.78 Å². The monoisotopic (exact) mass is 984 g/mol. The van der Waals surface area contributed by atoms with Crippen molar-refractivity contribution in [1.29, 1.82) is 0 Å². The largest absolute Gasteiger partial charge is 0.444 e. The Hall–Kier alpha value is -5.48. The lowest BCUT2D eigenvalue weighted by molar-refractivity contribution is -0.133. The lowest BCUT2D eigenvalue weighted by atomic mass is 9.95. The number of anilines is 1. The Morgan fingerprint density at radius 2 is 1.49 bits per heavy atom. The average molecular weight is 986 g/mol. The van der Waals surface area contributed by atoms with Crippen molar-refractivity contribution in [2.24, 2.45) is 10.9 Å². The number of halogens is 1. The van der Waals surface area contributed by atoms with E-state index < -0.39 is 11.6 Å². The van der Waals surface area contributed by atoms with Gasteiger partial charge in [-0.3, -0.25) is 24.0 Å². The lowest BCUT2D eigenvalue weighted by Gasteiger charge is -2.40. The van der Waals surface area contributed by atoms with Crippen molar-refractivity contribution in [3.05, 3.63) is 122 Å². The Bertz CT molecular complexity index is 2740. The number of pyridine rings is 1. The number of nitrogens with zero attached hydrogens (tertiary/aromatic N) is 9. The van der Waals surface area contributed by atoms with E-state index in [1.54, 1.807) is 17.5 Å². The van der Waals surface area contributed by atoms with Crippen LogP contribution in [0.15, 0.2) is 71.9 Å². The van der Waals surface area contributed by atoms with Gasteiger partial charge >= 0.3 is 6.09 Å². The number of piperazine rings is 1. The molecule has 1 unspecified atom stereocenters. The molecule has 0 aliphatic carbocycles. The lowest BCUT2D eigenvalue weighted by Crippen LogP contribution is -2.51. The first kappa shape index (κ1) is 48.2. The van der Waals surface area contributed by atoms with E-state index in [-0.39, 0.29) is 30.2 Å². The van der Waals surface area contributed by atoms with Gasteiger partial charge in [0, 0.05) is 109 Å². The average Bonchev–Trinajstić information content (AvgIpc) is 3.92. The quantitative estimate of drug-likeness (QED) is 0.128. The number of amides is 2. The maximum absolute atomic E-state index is 14.1. The molecule has 0 saturated carbocycles. The van der Waals surface area contributed by atoms with Crippen molar-refractivity contribution < 1.29 is 19.1 Å². The summed E-state index contributed by atoms with van der Waals surface area (Å²) in [5.41, 5.74) is 5.99. The standard InChI is InChI=1S/C54H65ClN10O4S/c1-33-34(2)70-52-48(33)49(38-11-14-41(55)15-12-38)58-45(51-60-59-35(3)64(51)52)29-47(66)63-21-19-37(20-22-63)32-62-25-23-61(24-26-62)31-36-7-9-39(10-8-36)50(67)40-13-18-46(56-30-40)65-43-16-17-44(65)28-42(27-43)57-53(68)69-54(4,5)6/h7-15,18,30,37,42-45H,16-17,19-29,31-32H2,1-6H3,(H,57,68)/t42?,43-,44+,45-/m0/s1. The molecule has 10 rings (SSSR count). The number of rotatable bonds is 11. The summed E-state index contributed by atoms with van der Waals surface area (Å²) >= 11 is 8.02. The summed E-state index contributed by atoms with van der Waals surface area (Å²) in [7, 11) is 0. The molecule has 4 saturated heterocycles. The molecule has 16 heteroatoms. The van der Waals surface area contributed by atoms with E-state index in [1.165, 1.54) is 16.0 Å². The summed E-state index contributed by atoms with van der Waals surface area (Å²) in [6.07, 6.45) is 7.38. The highest BCUT2D eigenvalue weighted by molar-refractivity contribution is 7.15. The first-order valence-corrected chi connectivity index (χ1v) is 26.3. The molecule has 70 heavy (non-hydrogen) atoms. The minimum Gasteiger partial charge on any atom is -0.444 e. The van der Waals surface area contributed by atoms with Gasteiger partial charge in [-0.05, 0) is 121 Å². The number of carbonyl (C=O) groups is 3. The second-order valence-electron chi connectivity index (χ2n) is 21.0. The van der Waals surface area contributed by atoms with Gasteiger partial charge in [0.1, 0.15) is 28.3 Å². The number of nitrogens with one attached hydrogen (secondary N) is 1. The van der Waals surface area contributed by atoms with Crippen molar-refractivity contribution in [3.8, 4) is 5.00 Å². The smallest absolute Gasteiger partial charge is 0.407 e. The first-order chi connectivity index (χ1) is 33.6. The molecule has 4 fully saturated rings. The minimum atomic E-state index is -0.526. The van der Waals surface area contributed by atoms with Gasteiger partial charge in [0.15, 0.2) is 11.6 Å². The highest BCUT2D eigenvalue weighted by atomic mass is 35.5. The van der Waals surface area contributed by atoms with Crippen LogP contribution in [0.5, 0.6) is 0 Å². The molecular formula is C54H65ClN10O4S. The van der Waals surface area contributed by atoms with Crippen molar-refractivity contribution in [1.82, 2.24) is 39.8 Å². The fourth-order valence-electron chi connectivity index (χ4n) is 11.3. The van der Waals surface area contributed by atoms with Gasteiger partial charge in [0.25, 0.3) is 0 Å². The van der Waals surface area contributed by atoms with Gasteiger partial charge < -0.3 is 24.8 Å². The van der Waals surface area contributed by atoms with Crippen LogP contribution < -0.4 is 10.2 Å². The molecule has 2 amide bonds. The molecule has 8 heterocycles. The van der Waals surface area contributed by atoms with E-state index in [4.69, 9.17) is 26.3 Å². The third-order valence-electron chi connectivity index (χ3n) is 15.0. The highest BCUT2D eigenvalue weighted by Crippen LogP contribution is 2.41. The molecule has 0 radical (unpaired) electrons. The van der Waals surface area contributed by atoms with E-state index in [0.717, 1.165) is 124 Å². The first-order valence-electron chi connectivity index (χ1n) is 25.1. The van der Waals surface area contributed by atoms with Crippen LogP contribution in [0.4, 0.5) is 10.6 Å². The van der Waals surface area contributed by atoms with Crippen molar-refractivity contribution >= 4 is 52.3 Å². The summed E-state index contributed by atoms with van der Waals surface area (Å²) in [6.45, 7) is 19.3. The van der Waals surface area contributed by atoms with Crippen LogP contribution in [-0.4, -0.2) is 127 Å². The molecule has 0 spiro atoms. The number of likely N-dealkylation sites (tertiary alicyclic amines) is 1. The van der Waals surface area contributed by atoms with Gasteiger partial charge in [0.05, 0.1) is 12.1 Å². The molecule has 2 bridgehead atoms. The molecule has 5 aliphatic rings. The zero-order valence-corrected chi connectivity index (χ0v) is 42.9. The molecule has 14 nitrogen and oxygen atoms in total. The molecule has 5 aromatic rings. The van der Waals surface area contributed by atoms with Crippen molar-refractivity contribution in [2.75, 3.05) is 50.7 Å². The Labute approximate surface area is 420 Å². The van der Waals surface area contributed by atoms with E-state index in [2.05, 4.69) is 60.8 Å². The SMILES string of the molecule is Cc1sc2c(c1C)C(c1ccc(Cl)cc1)=N[C@@H](CC(=O)N1CCC(CN3CCN(Cc4ccc(C(=O)c5ccc(N6[C@@H]7CC[C@H]6CC(NC(=O)OC(C)(C)C)C7)nc5)cc4)CC3)CC1)c1nnc(C)n1-2. The van der Waals surface area contributed by atoms with Crippen molar-refractivity contribution in [2.45, 2.75) is 123 Å². The van der Waals surface area contributed by atoms with E-state index in [1.807, 2.05) is 81.1 Å². The number of ketones is 1.